The molecule has 2 aromatic heterocycles. The van der Waals surface area contributed by atoms with Crippen molar-refractivity contribution in [1.29, 1.82) is 10.5 Å². The molecule has 13 heteroatoms. The minimum atomic E-state index is -0.612. The highest BCUT2D eigenvalue weighted by Gasteiger charge is 2.49. The van der Waals surface area contributed by atoms with Crippen LogP contribution in [0, 0.1) is 34.5 Å². The van der Waals surface area contributed by atoms with Gasteiger partial charge >= 0.3 is 5.97 Å². The number of Topliss-reactive ketones (excluding diaryl/α,β-unsaturated/α-hetero) is 1. The number of piperidine rings is 7. The van der Waals surface area contributed by atoms with Gasteiger partial charge in [0.15, 0.2) is 0 Å². The van der Waals surface area contributed by atoms with E-state index < -0.39 is 10.8 Å². The van der Waals surface area contributed by atoms with E-state index in [0.29, 0.717) is 54.4 Å². The van der Waals surface area contributed by atoms with Crippen LogP contribution in [0.3, 0.4) is 0 Å². The van der Waals surface area contributed by atoms with Crippen molar-refractivity contribution >= 4 is 28.6 Å². The van der Waals surface area contributed by atoms with Crippen molar-refractivity contribution in [2.24, 2.45) is 11.8 Å². The van der Waals surface area contributed by atoms with E-state index in [1.807, 2.05) is 70.2 Å². The Bertz CT molecular complexity index is 2730. The smallest absolute Gasteiger partial charge is 0.340 e. The summed E-state index contributed by atoms with van der Waals surface area (Å²) in [5.74, 6) is 2.05. The molecule has 0 radical (unpaired) electrons. The minimum Gasteiger partial charge on any atom is -0.459 e. The Balaban J connectivity index is 0.000000119. The number of ketones is 1. The molecule has 14 rings (SSSR count). The molecule has 352 valence electrons. The molecule has 5 aromatic rings. The number of carbonyl (C=O) groups excluding carboxylic acids is 3. The fraction of sp³-hybridized carbons (Fsp3) is 0.509. The van der Waals surface area contributed by atoms with Gasteiger partial charge in [-0.1, -0.05) is 48.5 Å². The fourth-order valence-corrected chi connectivity index (χ4v) is 12.4. The monoisotopic (exact) mass is 914 g/mol. The summed E-state index contributed by atoms with van der Waals surface area (Å²) >= 11 is 0. The van der Waals surface area contributed by atoms with Crippen molar-refractivity contribution in [1.82, 2.24) is 34.4 Å². The van der Waals surface area contributed by atoms with E-state index in [-0.39, 0.29) is 18.0 Å². The van der Waals surface area contributed by atoms with Gasteiger partial charge in [-0.15, -0.1) is 0 Å². The van der Waals surface area contributed by atoms with E-state index in [9.17, 15) is 24.9 Å². The summed E-state index contributed by atoms with van der Waals surface area (Å²) in [6.45, 7) is 13.2. The van der Waals surface area contributed by atoms with Gasteiger partial charge in [0, 0.05) is 78.6 Å². The average Bonchev–Trinajstić information content (AvgIpc) is 4.04. The first-order valence-electron chi connectivity index (χ1n) is 24.8. The highest BCUT2D eigenvalue weighted by molar-refractivity contribution is 6.04. The summed E-state index contributed by atoms with van der Waals surface area (Å²) in [4.78, 5) is 51.9. The van der Waals surface area contributed by atoms with Crippen LogP contribution in [-0.4, -0.2) is 109 Å². The molecular formula is C55H63N9O4. The predicted molar refractivity (Wildman–Crippen MR) is 258 cm³/mol. The lowest BCUT2D eigenvalue weighted by molar-refractivity contribution is -0.145. The number of hydrogen-bond acceptors (Lipinski definition) is 10. The number of nitrogens with zero attached hydrogens (tertiary/aromatic N) is 8. The largest absolute Gasteiger partial charge is 0.459 e. The predicted octanol–water partition coefficient (Wildman–Crippen LogP) is 8.10. The molecule has 13 nitrogen and oxygen atoms in total. The Labute approximate surface area is 399 Å². The van der Waals surface area contributed by atoms with Crippen LogP contribution in [0.2, 0.25) is 0 Å². The number of aryl methyl sites for hydroxylation is 1. The molecule has 0 spiro atoms. The molecular weight excluding hydrogens is 851 g/mol. The van der Waals surface area contributed by atoms with Gasteiger partial charge in [0.2, 0.25) is 0 Å². The van der Waals surface area contributed by atoms with E-state index >= 15 is 0 Å². The lowest BCUT2D eigenvalue weighted by Crippen LogP contribution is -2.63. The Morgan fingerprint density at radius 2 is 1.59 bits per heavy atom. The summed E-state index contributed by atoms with van der Waals surface area (Å²) in [6, 6.07) is 26.1. The zero-order valence-corrected chi connectivity index (χ0v) is 39.9. The topological polar surface area (TPSA) is 164 Å². The van der Waals surface area contributed by atoms with E-state index in [1.165, 1.54) is 56.2 Å². The molecule has 8 aliphatic heterocycles. The van der Waals surface area contributed by atoms with E-state index in [0.717, 1.165) is 84.3 Å². The third-order valence-corrected chi connectivity index (χ3v) is 16.3. The van der Waals surface area contributed by atoms with Gasteiger partial charge in [-0.3, -0.25) is 14.5 Å². The number of nitriles is 2. The molecule has 1 N–H and O–H groups in total. The van der Waals surface area contributed by atoms with Crippen molar-refractivity contribution in [2.75, 3.05) is 32.7 Å². The molecule has 1 unspecified atom stereocenters. The van der Waals surface area contributed by atoms with Crippen LogP contribution >= 0.6 is 0 Å². The number of benzene rings is 3. The number of rotatable bonds is 7. The van der Waals surface area contributed by atoms with Crippen molar-refractivity contribution in [3.8, 4) is 12.1 Å². The molecule has 6 bridgehead atoms. The first kappa shape index (κ1) is 45.6. The third kappa shape index (κ3) is 8.87. The van der Waals surface area contributed by atoms with Crippen LogP contribution < -0.4 is 0 Å². The fourth-order valence-electron chi connectivity index (χ4n) is 12.4. The summed E-state index contributed by atoms with van der Waals surface area (Å²) < 4.78 is 7.57. The maximum absolute atomic E-state index is 13.1. The van der Waals surface area contributed by atoms with Gasteiger partial charge < -0.3 is 19.5 Å². The van der Waals surface area contributed by atoms with Crippen molar-refractivity contribution in [3.63, 3.8) is 0 Å². The van der Waals surface area contributed by atoms with Crippen LogP contribution in [-0.2, 0) is 33.3 Å². The van der Waals surface area contributed by atoms with Crippen LogP contribution in [0.1, 0.15) is 134 Å². The number of carbonyl (C=O) groups is 3. The summed E-state index contributed by atoms with van der Waals surface area (Å²) in [5.41, 5.74) is 7.01. The number of aromatic nitrogens is 4. The number of ether oxygens (including phenoxy) is 1. The number of amides is 1. The maximum atomic E-state index is 13.1. The molecule has 3 aromatic carbocycles. The first-order chi connectivity index (χ1) is 32.8. The SMILES string of the molecule is CC(C)(C#N)c1cc(Cn2cncn2)cc(C(C)(C)C#N)c1.O=C(O[C@@H]1C[C@@H]2C[C@@H]3C[C@H](C1)N2CC3=O)c1c[nH]c2ccccc12.O=C1c2cccc3c2[C@H](CCC3)CN1[C@@H]1CN2CCC1CC2. The number of hydrogen-bond donors (Lipinski definition) is 1. The van der Waals surface area contributed by atoms with Crippen molar-refractivity contribution in [3.05, 3.63) is 118 Å². The van der Waals surface area contributed by atoms with E-state index in [1.54, 1.807) is 17.2 Å². The highest BCUT2D eigenvalue weighted by atomic mass is 16.5. The number of H-pyrrole nitrogens is 1. The van der Waals surface area contributed by atoms with Gasteiger partial charge in [-0.2, -0.15) is 15.6 Å². The van der Waals surface area contributed by atoms with Gasteiger partial charge in [0.25, 0.3) is 5.91 Å². The number of nitrogens with one attached hydrogen (secondary N) is 1. The van der Waals surface area contributed by atoms with Gasteiger partial charge in [-0.25, -0.2) is 14.5 Å². The molecule has 7 atom stereocenters. The van der Waals surface area contributed by atoms with Gasteiger partial charge in [-0.05, 0) is 132 Å². The van der Waals surface area contributed by atoms with E-state index in [4.69, 9.17) is 4.74 Å². The first-order valence-corrected chi connectivity index (χ1v) is 24.8. The van der Waals surface area contributed by atoms with Crippen LogP contribution in [0.4, 0.5) is 0 Å². The van der Waals surface area contributed by atoms with Crippen LogP contribution in [0.15, 0.2) is 79.5 Å². The average molecular weight is 914 g/mol. The zero-order valence-electron chi connectivity index (χ0n) is 39.9. The second-order valence-corrected chi connectivity index (χ2v) is 21.5. The molecule has 9 aliphatic rings. The number of para-hydroxylation sites is 1. The molecule has 0 saturated carbocycles. The molecule has 1 aliphatic carbocycles. The second-order valence-electron chi connectivity index (χ2n) is 21.5. The normalized spacial score (nSPS) is 27.7. The number of fused-ring (bicyclic) bond motifs is 5. The molecule has 10 heterocycles. The van der Waals surface area contributed by atoms with Gasteiger partial charge in [0.1, 0.15) is 24.5 Å². The van der Waals surface area contributed by atoms with Gasteiger partial charge in [0.05, 0.1) is 41.6 Å². The molecule has 68 heavy (non-hydrogen) atoms. The summed E-state index contributed by atoms with van der Waals surface area (Å²) in [5, 5.41) is 23.8. The molecule has 7 fully saturated rings. The maximum Gasteiger partial charge on any atom is 0.340 e. The number of esters is 1. The Kier molecular flexibility index (Phi) is 12.3. The van der Waals surface area contributed by atoms with Crippen molar-refractivity contribution in [2.45, 2.75) is 133 Å². The Morgan fingerprint density at radius 1 is 0.868 bits per heavy atom. The third-order valence-electron chi connectivity index (χ3n) is 16.3. The molecule has 7 saturated heterocycles. The lowest BCUT2D eigenvalue weighted by atomic mass is 9.72. The lowest BCUT2D eigenvalue weighted by Gasteiger charge is -2.54. The van der Waals surface area contributed by atoms with E-state index in [2.05, 4.69) is 60.1 Å². The second kappa shape index (κ2) is 18.4. The number of aromatic amines is 1. The van der Waals surface area contributed by atoms with Crippen molar-refractivity contribution < 1.29 is 19.1 Å². The van der Waals surface area contributed by atoms with Crippen LogP contribution in [0.25, 0.3) is 10.9 Å². The minimum absolute atomic E-state index is 0.0356. The Hall–Kier alpha value is -6.15. The standard InChI is InChI=1S/C19H20N2O3.C19H24N2O.C17H19N5/c22-18-10-21-12-5-11(18)6-13(21)8-14(7-12)24-19(23)16-9-20-17-4-2-1-3-15(16)17;22-19-16-6-2-4-14-3-1-5-15(18(14)16)11-21(19)17-12-20-9-7-13(17)8-10-20;1-16(2,9-18)14-5-13(8-22-12-20-11-21-22)6-15(7-14)17(3,4)10-19/h1-4,9,11-14,20H,5-8,10H2;2,4,6,13,15,17H,1,3,5,7-12H2;5-7,11-12H,8H2,1-4H3/t11-,12+,13-,14-;15-,17-;/m.1./s1. The summed E-state index contributed by atoms with van der Waals surface area (Å²) in [7, 11) is 0. The van der Waals surface area contributed by atoms with Crippen LogP contribution in [0.5, 0.6) is 0 Å². The zero-order chi connectivity index (χ0) is 47.3. The summed E-state index contributed by atoms with van der Waals surface area (Å²) in [6.07, 6.45) is 14.7. The Morgan fingerprint density at radius 3 is 2.24 bits per heavy atom. The highest BCUT2D eigenvalue weighted by Crippen LogP contribution is 2.44. The quantitative estimate of drug-likeness (QED) is 0.158. The molecule has 1 amide bonds.